The number of hydrogen-bond donors (Lipinski definition) is 2. The molecule has 1 aliphatic rings. The number of nitrogens with two attached hydrogens (primary N) is 1. The Morgan fingerprint density at radius 1 is 1.16 bits per heavy atom. The molecule has 2 aromatic heterocycles. The van der Waals surface area contributed by atoms with Crippen molar-refractivity contribution in [1.29, 1.82) is 0 Å². The van der Waals surface area contributed by atoms with E-state index in [9.17, 15) is 9.32 Å². The fourth-order valence-electron chi connectivity index (χ4n) is 4.35. The molecule has 5 rings (SSSR count). The van der Waals surface area contributed by atoms with Crippen LogP contribution in [0.5, 0.6) is 11.5 Å². The average Bonchev–Trinajstić information content (AvgIpc) is 3.14. The number of aliphatic hydroxyl groups is 1. The predicted molar refractivity (Wildman–Crippen MR) is 144 cm³/mol. The monoisotopic (exact) mass is 519 g/mol. The molecule has 0 spiro atoms. The van der Waals surface area contributed by atoms with Crippen LogP contribution < -0.4 is 20.1 Å². The first-order valence-electron chi connectivity index (χ1n) is 12.0. The van der Waals surface area contributed by atoms with Crippen LogP contribution in [0.2, 0.25) is 0 Å². The van der Waals surface area contributed by atoms with E-state index in [1.54, 1.807) is 19.6 Å². The molecule has 9 nitrogen and oxygen atoms in total. The van der Waals surface area contributed by atoms with Gasteiger partial charge in [0.2, 0.25) is 0 Å². The van der Waals surface area contributed by atoms with Gasteiger partial charge in [-0.2, -0.15) is 0 Å². The Labute approximate surface area is 217 Å². The molecule has 1 aliphatic heterocycles. The second-order valence-electron chi connectivity index (χ2n) is 9.08. The Morgan fingerprint density at radius 2 is 2.03 bits per heavy atom. The Balaban J connectivity index is 1.47. The third-order valence-electron chi connectivity index (χ3n) is 6.37. The molecule has 0 aliphatic carbocycles. The molecule has 2 atom stereocenters. The van der Waals surface area contributed by atoms with Gasteiger partial charge in [0.1, 0.15) is 36.1 Å². The highest BCUT2D eigenvalue weighted by Gasteiger charge is 2.21. The van der Waals surface area contributed by atoms with E-state index in [0.717, 1.165) is 44.9 Å². The molecule has 0 saturated heterocycles. The molecule has 4 aromatic rings. The standard InChI is InChI=1S/C27H29N5O4S/c1-17(14-33)15-37(34)25-10-19(12-29-26(25)28)18-3-6-24-20(9-18)13-32(7-8-36-24)27-22-5-4-21(35-2)11-23(22)30-16-31-27/h3-6,9-12,16-17,33H,7-8,13-15H2,1-2H3,(H2,28,29)/t17-,37?/m0/s1. The first kappa shape index (κ1) is 24.9. The summed E-state index contributed by atoms with van der Waals surface area (Å²) in [4.78, 5) is 16.0. The summed E-state index contributed by atoms with van der Waals surface area (Å²) in [6.45, 7) is 3.59. The van der Waals surface area contributed by atoms with Gasteiger partial charge in [0.15, 0.2) is 0 Å². The van der Waals surface area contributed by atoms with Crippen LogP contribution >= 0.6 is 0 Å². The number of rotatable bonds is 7. The fourth-order valence-corrected chi connectivity index (χ4v) is 5.70. The highest BCUT2D eigenvalue weighted by Crippen LogP contribution is 2.34. The molecule has 3 N–H and O–H groups in total. The lowest BCUT2D eigenvalue weighted by atomic mass is 10.0. The maximum absolute atomic E-state index is 12.9. The Hall–Kier alpha value is -3.76. The SMILES string of the molecule is COc1ccc2c(N3CCOc4ccc(-c5cnc(N)c(S(=O)C[C@@H](C)CO)c5)cc4C3)ncnc2c1. The van der Waals surface area contributed by atoms with Gasteiger partial charge in [0.05, 0.1) is 34.9 Å². The van der Waals surface area contributed by atoms with Gasteiger partial charge in [0.25, 0.3) is 0 Å². The topological polar surface area (TPSA) is 124 Å². The van der Waals surface area contributed by atoms with Crippen molar-refractivity contribution in [3.05, 3.63) is 60.6 Å². The van der Waals surface area contributed by atoms with Crippen molar-refractivity contribution >= 4 is 33.3 Å². The van der Waals surface area contributed by atoms with Crippen LogP contribution in [-0.4, -0.2) is 56.9 Å². The molecule has 192 valence electrons. The van der Waals surface area contributed by atoms with Gasteiger partial charge in [-0.15, -0.1) is 0 Å². The molecule has 2 aromatic carbocycles. The van der Waals surface area contributed by atoms with Crippen LogP contribution in [0.4, 0.5) is 11.6 Å². The highest BCUT2D eigenvalue weighted by molar-refractivity contribution is 7.85. The van der Waals surface area contributed by atoms with Crippen LogP contribution in [0.15, 0.2) is 59.9 Å². The molecular formula is C27H29N5O4S. The molecule has 0 bridgehead atoms. The van der Waals surface area contributed by atoms with Crippen molar-refractivity contribution < 1.29 is 18.8 Å². The lowest BCUT2D eigenvalue weighted by Crippen LogP contribution is -2.26. The number of methoxy groups -OCH3 is 1. The van der Waals surface area contributed by atoms with Crippen molar-refractivity contribution in [3.63, 3.8) is 0 Å². The van der Waals surface area contributed by atoms with E-state index in [2.05, 4.69) is 25.9 Å². The minimum Gasteiger partial charge on any atom is -0.497 e. The summed E-state index contributed by atoms with van der Waals surface area (Å²) in [6, 6.07) is 13.6. The van der Waals surface area contributed by atoms with Gasteiger partial charge < -0.3 is 25.2 Å². The minimum atomic E-state index is -1.36. The number of fused-ring (bicyclic) bond motifs is 2. The van der Waals surface area contributed by atoms with Gasteiger partial charge in [-0.1, -0.05) is 13.0 Å². The van der Waals surface area contributed by atoms with E-state index in [4.69, 9.17) is 15.2 Å². The normalized spacial score (nSPS) is 14.9. The number of nitrogen functional groups attached to an aromatic ring is 1. The zero-order valence-corrected chi connectivity index (χ0v) is 21.6. The summed E-state index contributed by atoms with van der Waals surface area (Å²) < 4.78 is 24.3. The number of aromatic nitrogens is 3. The maximum atomic E-state index is 12.9. The Kier molecular flexibility index (Phi) is 7.20. The molecule has 0 fully saturated rings. The summed E-state index contributed by atoms with van der Waals surface area (Å²) in [6.07, 6.45) is 3.26. The molecule has 3 heterocycles. The van der Waals surface area contributed by atoms with Crippen molar-refractivity contribution in [2.75, 3.05) is 43.3 Å². The average molecular weight is 520 g/mol. The molecule has 0 amide bonds. The number of ether oxygens (including phenoxy) is 2. The summed E-state index contributed by atoms with van der Waals surface area (Å²) in [5, 5.41) is 10.3. The molecule has 0 saturated carbocycles. The summed E-state index contributed by atoms with van der Waals surface area (Å²) in [5.74, 6) is 2.85. The molecular weight excluding hydrogens is 490 g/mol. The van der Waals surface area contributed by atoms with Gasteiger partial charge in [0, 0.05) is 47.7 Å². The third-order valence-corrected chi connectivity index (χ3v) is 8.06. The molecule has 0 radical (unpaired) electrons. The molecule has 1 unspecified atom stereocenters. The van der Waals surface area contributed by atoms with Gasteiger partial charge in [-0.3, -0.25) is 4.21 Å². The second kappa shape index (κ2) is 10.7. The number of pyridine rings is 1. The number of hydrogen-bond acceptors (Lipinski definition) is 9. The van der Waals surface area contributed by atoms with Crippen LogP contribution in [0.1, 0.15) is 12.5 Å². The largest absolute Gasteiger partial charge is 0.497 e. The van der Waals surface area contributed by atoms with Crippen molar-refractivity contribution in [3.8, 4) is 22.6 Å². The van der Waals surface area contributed by atoms with Crippen molar-refractivity contribution in [1.82, 2.24) is 15.0 Å². The fraction of sp³-hybridized carbons (Fsp3) is 0.296. The van der Waals surface area contributed by atoms with E-state index < -0.39 is 10.8 Å². The van der Waals surface area contributed by atoms with Crippen LogP contribution in [0, 0.1) is 5.92 Å². The van der Waals surface area contributed by atoms with E-state index >= 15 is 0 Å². The Morgan fingerprint density at radius 3 is 2.84 bits per heavy atom. The van der Waals surface area contributed by atoms with Gasteiger partial charge >= 0.3 is 0 Å². The number of anilines is 2. The van der Waals surface area contributed by atoms with Crippen LogP contribution in [-0.2, 0) is 17.3 Å². The van der Waals surface area contributed by atoms with Crippen LogP contribution in [0.3, 0.4) is 0 Å². The molecule has 10 heteroatoms. The van der Waals surface area contributed by atoms with Gasteiger partial charge in [-0.05, 0) is 41.8 Å². The number of benzene rings is 2. The third kappa shape index (κ3) is 5.21. The van der Waals surface area contributed by atoms with Crippen LogP contribution in [0.25, 0.3) is 22.0 Å². The van der Waals surface area contributed by atoms with Crippen molar-refractivity contribution in [2.45, 2.75) is 18.4 Å². The maximum Gasteiger partial charge on any atom is 0.140 e. The number of aliphatic hydroxyl groups excluding tert-OH is 1. The Bertz CT molecular complexity index is 1460. The first-order chi connectivity index (χ1) is 18.0. The highest BCUT2D eigenvalue weighted by atomic mass is 32.2. The predicted octanol–water partition coefficient (Wildman–Crippen LogP) is 3.42. The van der Waals surface area contributed by atoms with Crippen molar-refractivity contribution in [2.24, 2.45) is 5.92 Å². The zero-order valence-electron chi connectivity index (χ0n) is 20.8. The summed E-state index contributed by atoms with van der Waals surface area (Å²) in [5.41, 5.74) is 9.60. The lowest BCUT2D eigenvalue weighted by Gasteiger charge is -2.22. The minimum absolute atomic E-state index is 0.0325. The van der Waals surface area contributed by atoms with Gasteiger partial charge in [-0.25, -0.2) is 15.0 Å². The van der Waals surface area contributed by atoms with E-state index in [0.29, 0.717) is 30.3 Å². The lowest BCUT2D eigenvalue weighted by molar-refractivity contribution is 0.250. The van der Waals surface area contributed by atoms with E-state index in [-0.39, 0.29) is 18.3 Å². The smallest absolute Gasteiger partial charge is 0.140 e. The quantitative estimate of drug-likeness (QED) is 0.378. The van der Waals surface area contributed by atoms with E-state index in [1.165, 1.54) is 0 Å². The summed E-state index contributed by atoms with van der Waals surface area (Å²) in [7, 11) is 0.272. The summed E-state index contributed by atoms with van der Waals surface area (Å²) >= 11 is 0. The molecule has 37 heavy (non-hydrogen) atoms. The van der Waals surface area contributed by atoms with E-state index in [1.807, 2.05) is 43.3 Å². The number of nitrogens with zero attached hydrogens (tertiary/aromatic N) is 4. The second-order valence-corrected chi connectivity index (χ2v) is 10.5. The zero-order chi connectivity index (χ0) is 25.9. The first-order valence-corrected chi connectivity index (χ1v) is 13.3.